The Labute approximate surface area is 110 Å². The van der Waals surface area contributed by atoms with Crippen LogP contribution in [0.4, 0.5) is 0 Å². The zero-order valence-electron chi connectivity index (χ0n) is 12.1. The molecule has 0 saturated heterocycles. The lowest BCUT2D eigenvalue weighted by molar-refractivity contribution is 0.583. The molecular formula is C16H32Si. The van der Waals surface area contributed by atoms with Crippen molar-refractivity contribution in [1.29, 1.82) is 0 Å². The fraction of sp³-hybridized carbons (Fsp3) is 0.875. The second-order valence-corrected chi connectivity index (χ2v) is 10.8. The van der Waals surface area contributed by atoms with Crippen LogP contribution in [0.25, 0.3) is 0 Å². The Kier molecular flexibility index (Phi) is 7.92. The molecule has 0 spiro atoms. The summed E-state index contributed by atoms with van der Waals surface area (Å²) >= 11 is 0. The molecule has 1 heterocycles. The predicted octanol–water partition coefficient (Wildman–Crippen LogP) is 6.09. The highest BCUT2D eigenvalue weighted by Crippen LogP contribution is 2.27. The van der Waals surface area contributed by atoms with E-state index in [2.05, 4.69) is 25.2 Å². The van der Waals surface area contributed by atoms with Crippen molar-refractivity contribution in [3.63, 3.8) is 0 Å². The molecule has 0 radical (unpaired) electrons. The summed E-state index contributed by atoms with van der Waals surface area (Å²) in [4.78, 5) is 0. The third-order valence-corrected chi connectivity index (χ3v) is 8.27. The van der Waals surface area contributed by atoms with Crippen LogP contribution in [0.5, 0.6) is 0 Å². The molecule has 0 aromatic rings. The van der Waals surface area contributed by atoms with Gasteiger partial charge >= 0.3 is 0 Å². The summed E-state index contributed by atoms with van der Waals surface area (Å²) in [5.41, 5.74) is 2.62. The molecule has 1 aliphatic heterocycles. The summed E-state index contributed by atoms with van der Waals surface area (Å²) < 4.78 is 0. The van der Waals surface area contributed by atoms with Crippen molar-refractivity contribution >= 4 is 8.07 Å². The first-order valence-corrected chi connectivity index (χ1v) is 10.9. The quantitative estimate of drug-likeness (QED) is 0.344. The lowest BCUT2D eigenvalue weighted by atomic mass is 10.1. The van der Waals surface area contributed by atoms with E-state index in [0.29, 0.717) is 0 Å². The molecule has 0 fully saturated rings. The highest BCUT2D eigenvalue weighted by atomic mass is 28.3. The van der Waals surface area contributed by atoms with Gasteiger partial charge in [-0.25, -0.2) is 0 Å². The second kappa shape index (κ2) is 8.96. The van der Waals surface area contributed by atoms with Crippen LogP contribution < -0.4 is 0 Å². The smallest absolute Gasteiger partial charge is 0.0743 e. The monoisotopic (exact) mass is 252 g/mol. The lowest BCUT2D eigenvalue weighted by Crippen LogP contribution is -2.28. The van der Waals surface area contributed by atoms with Crippen LogP contribution in [0.1, 0.15) is 71.1 Å². The molecular weight excluding hydrogens is 220 g/mol. The Bertz CT molecular complexity index is 210. The van der Waals surface area contributed by atoms with Gasteiger partial charge in [0.2, 0.25) is 0 Å². The molecule has 0 aromatic heterocycles. The summed E-state index contributed by atoms with van der Waals surface area (Å²) in [7, 11) is -0.898. The van der Waals surface area contributed by atoms with Crippen molar-refractivity contribution in [3.05, 3.63) is 11.8 Å². The summed E-state index contributed by atoms with van der Waals surface area (Å²) in [5.74, 6) is 0. The van der Waals surface area contributed by atoms with Gasteiger partial charge in [-0.2, -0.15) is 0 Å². The maximum atomic E-state index is 2.62. The molecule has 1 heteroatoms. The molecule has 17 heavy (non-hydrogen) atoms. The number of allylic oxidation sites excluding steroid dienone is 1. The first-order chi connectivity index (χ1) is 8.27. The number of rotatable bonds is 9. The molecule has 0 aromatic carbocycles. The average Bonchev–Trinajstić information content (AvgIpc) is 2.33. The molecule has 0 saturated carbocycles. The zero-order valence-corrected chi connectivity index (χ0v) is 13.1. The highest BCUT2D eigenvalue weighted by Gasteiger charge is 2.24. The fourth-order valence-corrected chi connectivity index (χ4v) is 6.33. The second-order valence-electron chi connectivity index (χ2n) is 6.17. The van der Waals surface area contributed by atoms with E-state index < -0.39 is 8.07 Å². The zero-order chi connectivity index (χ0) is 12.4. The van der Waals surface area contributed by atoms with Crippen LogP contribution in [-0.2, 0) is 0 Å². The van der Waals surface area contributed by atoms with Crippen molar-refractivity contribution in [2.45, 2.75) is 89.8 Å². The highest BCUT2D eigenvalue weighted by molar-refractivity contribution is 6.83. The van der Waals surface area contributed by atoms with Crippen molar-refractivity contribution in [1.82, 2.24) is 0 Å². The van der Waals surface area contributed by atoms with Gasteiger partial charge in [0, 0.05) is 0 Å². The van der Waals surface area contributed by atoms with Crippen LogP contribution in [0, 0.1) is 0 Å². The Morgan fingerprint density at radius 1 is 0.941 bits per heavy atom. The molecule has 0 N–H and O–H groups in total. The van der Waals surface area contributed by atoms with Gasteiger partial charge in [0.05, 0.1) is 8.07 Å². The van der Waals surface area contributed by atoms with Crippen molar-refractivity contribution in [3.8, 4) is 0 Å². The summed E-state index contributed by atoms with van der Waals surface area (Å²) in [6.45, 7) is 4.88. The number of hydrogen-bond acceptors (Lipinski definition) is 0. The van der Waals surface area contributed by atoms with E-state index in [4.69, 9.17) is 0 Å². The Balaban J connectivity index is 1.93. The number of hydrogen-bond donors (Lipinski definition) is 0. The summed E-state index contributed by atoms with van der Waals surface area (Å²) in [6.07, 6.45) is 17.0. The average molecular weight is 253 g/mol. The molecule has 0 bridgehead atoms. The van der Waals surface area contributed by atoms with Gasteiger partial charge in [-0.1, -0.05) is 95.1 Å². The Morgan fingerprint density at radius 3 is 2.18 bits per heavy atom. The van der Waals surface area contributed by atoms with Gasteiger partial charge in [0.1, 0.15) is 0 Å². The molecule has 0 amide bonds. The Morgan fingerprint density at radius 2 is 1.59 bits per heavy atom. The van der Waals surface area contributed by atoms with Gasteiger partial charge in [-0.15, -0.1) is 0 Å². The van der Waals surface area contributed by atoms with E-state index in [9.17, 15) is 0 Å². The lowest BCUT2D eigenvalue weighted by Gasteiger charge is -2.26. The maximum absolute atomic E-state index is 2.62. The third kappa shape index (κ3) is 7.08. The predicted molar refractivity (Wildman–Crippen MR) is 82.2 cm³/mol. The van der Waals surface area contributed by atoms with Crippen molar-refractivity contribution in [2.75, 3.05) is 0 Å². The van der Waals surface area contributed by atoms with Crippen LogP contribution in [0.15, 0.2) is 11.8 Å². The molecule has 1 rings (SSSR count). The minimum Gasteiger partial charge on any atom is -0.0984 e. The summed E-state index contributed by atoms with van der Waals surface area (Å²) in [5, 5.41) is 0. The van der Waals surface area contributed by atoms with Gasteiger partial charge < -0.3 is 0 Å². The van der Waals surface area contributed by atoms with Crippen LogP contribution in [-0.4, -0.2) is 8.07 Å². The van der Waals surface area contributed by atoms with Crippen LogP contribution in [0.3, 0.4) is 0 Å². The summed E-state index contributed by atoms with van der Waals surface area (Å²) in [6, 6.07) is 3.11. The third-order valence-electron chi connectivity index (χ3n) is 4.24. The fourth-order valence-electron chi connectivity index (χ4n) is 2.95. The SMILES string of the molecule is CCCCCCCCCC[Si]1(C)C=CCCC1. The van der Waals surface area contributed by atoms with Crippen LogP contribution in [0.2, 0.25) is 18.6 Å². The van der Waals surface area contributed by atoms with Crippen LogP contribution >= 0.6 is 0 Å². The standard InChI is InChI=1S/C16H32Si/c1-3-4-5-6-7-8-9-11-14-17(2)15-12-10-13-16-17/h12,15H,3-11,13-14,16H2,1-2H3. The number of unbranched alkanes of at least 4 members (excludes halogenated alkanes) is 7. The van der Waals surface area contributed by atoms with Crippen molar-refractivity contribution in [2.24, 2.45) is 0 Å². The largest absolute Gasteiger partial charge is 0.0984 e. The van der Waals surface area contributed by atoms with Gasteiger partial charge in [-0.3, -0.25) is 0 Å². The molecule has 1 aliphatic rings. The molecule has 0 aliphatic carbocycles. The van der Waals surface area contributed by atoms with E-state index >= 15 is 0 Å². The van der Waals surface area contributed by atoms with Gasteiger partial charge in [0.15, 0.2) is 0 Å². The minimum atomic E-state index is -0.898. The van der Waals surface area contributed by atoms with E-state index in [0.717, 1.165) is 0 Å². The topological polar surface area (TPSA) is 0 Å². The van der Waals surface area contributed by atoms with E-state index in [1.165, 1.54) is 64.2 Å². The minimum absolute atomic E-state index is 0.898. The molecule has 0 nitrogen and oxygen atoms in total. The maximum Gasteiger partial charge on any atom is 0.0743 e. The molecule has 1 unspecified atom stereocenters. The molecule has 1 atom stereocenters. The van der Waals surface area contributed by atoms with Gasteiger partial charge in [-0.05, 0) is 6.42 Å². The van der Waals surface area contributed by atoms with E-state index in [1.807, 2.05) is 0 Å². The Hall–Kier alpha value is -0.0431. The first kappa shape index (κ1) is 15.0. The molecule has 100 valence electrons. The van der Waals surface area contributed by atoms with E-state index in [1.54, 1.807) is 12.1 Å². The van der Waals surface area contributed by atoms with E-state index in [-0.39, 0.29) is 0 Å². The normalized spacial score (nSPS) is 24.1. The first-order valence-electron chi connectivity index (χ1n) is 7.94. The van der Waals surface area contributed by atoms with Crippen molar-refractivity contribution < 1.29 is 0 Å². The van der Waals surface area contributed by atoms with Gasteiger partial charge in [0.25, 0.3) is 0 Å².